The molecule has 0 atom stereocenters. The summed E-state index contributed by atoms with van der Waals surface area (Å²) in [5, 5.41) is 0.384. The van der Waals surface area contributed by atoms with Crippen LogP contribution in [0.2, 0.25) is 5.02 Å². The van der Waals surface area contributed by atoms with E-state index in [2.05, 4.69) is 11.1 Å². The van der Waals surface area contributed by atoms with Crippen LogP contribution in [0.15, 0.2) is 59.8 Å². The van der Waals surface area contributed by atoms with E-state index in [1.807, 2.05) is 30.5 Å². The molecule has 0 saturated heterocycles. The maximum Gasteiger partial charge on any atom is 0.246 e. The summed E-state index contributed by atoms with van der Waals surface area (Å²) in [6.07, 6.45) is 7.74. The van der Waals surface area contributed by atoms with Gasteiger partial charge < -0.3 is 14.2 Å². The number of pyridine rings is 1. The van der Waals surface area contributed by atoms with E-state index in [0.717, 1.165) is 52.4 Å². The van der Waals surface area contributed by atoms with Crippen molar-refractivity contribution in [2.75, 3.05) is 21.2 Å². The van der Waals surface area contributed by atoms with Gasteiger partial charge in [0.2, 0.25) is 10.0 Å². The number of benzene rings is 2. The average molecular weight is 529 g/mol. The summed E-state index contributed by atoms with van der Waals surface area (Å²) >= 11 is 6.51. The first kappa shape index (κ1) is 25.0. The smallest absolute Gasteiger partial charge is 0.246 e. The molecule has 36 heavy (non-hydrogen) atoms. The minimum Gasteiger partial charge on any atom is -0.495 e. The van der Waals surface area contributed by atoms with Gasteiger partial charge in [0.25, 0.3) is 0 Å². The van der Waals surface area contributed by atoms with Crippen LogP contribution >= 0.6 is 11.6 Å². The molecule has 0 aliphatic heterocycles. The maximum absolute atomic E-state index is 12.9. The maximum atomic E-state index is 12.9. The molecule has 0 unspecified atom stereocenters. The van der Waals surface area contributed by atoms with Crippen LogP contribution in [0.3, 0.4) is 0 Å². The van der Waals surface area contributed by atoms with Crippen LogP contribution in [0.1, 0.15) is 36.8 Å². The molecule has 9 heteroatoms. The highest BCUT2D eigenvalue weighted by Gasteiger charge is 2.48. The van der Waals surface area contributed by atoms with Gasteiger partial charge in [-0.25, -0.2) is 12.7 Å². The van der Waals surface area contributed by atoms with E-state index in [9.17, 15) is 8.42 Å². The van der Waals surface area contributed by atoms with Gasteiger partial charge in [0.15, 0.2) is 0 Å². The second-order valence-electron chi connectivity index (χ2n) is 9.40. The molecule has 2 aromatic carbocycles. The van der Waals surface area contributed by atoms with E-state index >= 15 is 0 Å². The Balaban J connectivity index is 1.46. The van der Waals surface area contributed by atoms with Crippen LogP contribution in [0, 0.1) is 0 Å². The summed E-state index contributed by atoms with van der Waals surface area (Å²) in [5.74, 6) is 1.06. The molecule has 0 bridgehead atoms. The minimum absolute atomic E-state index is 0.0519. The molecule has 2 aliphatic rings. The third kappa shape index (κ3) is 4.83. The second-order valence-corrected chi connectivity index (χ2v) is 11.9. The van der Waals surface area contributed by atoms with Gasteiger partial charge in [-0.3, -0.25) is 4.98 Å². The summed E-state index contributed by atoms with van der Waals surface area (Å²) < 4.78 is 44.8. The van der Waals surface area contributed by atoms with Crippen molar-refractivity contribution in [3.8, 4) is 22.6 Å². The van der Waals surface area contributed by atoms with Crippen LogP contribution in [0.25, 0.3) is 11.1 Å². The van der Waals surface area contributed by atoms with Crippen molar-refractivity contribution in [2.45, 2.75) is 48.9 Å². The van der Waals surface area contributed by atoms with Crippen LogP contribution in [0.5, 0.6) is 11.5 Å². The molecule has 0 N–H and O–H groups in total. The standard InChI is InChI=1S/C27H29ClN2O5S/c1-30(2)36(31,32)26-14-18(23(28)15-25(26)33-3)17-34-27(11-12-27)22-16-29-13-10-20(22)21-6-4-5-7-24(21)35-19-8-9-19/h4-7,10,13-16,19H,8-9,11-12,17H2,1-3H3. The van der Waals surface area contributed by atoms with Gasteiger partial charge in [0, 0.05) is 48.7 Å². The van der Waals surface area contributed by atoms with Gasteiger partial charge >= 0.3 is 0 Å². The quantitative estimate of drug-likeness (QED) is 0.350. The third-order valence-corrected chi connectivity index (χ3v) is 8.79. The van der Waals surface area contributed by atoms with Crippen molar-refractivity contribution >= 4 is 21.6 Å². The summed E-state index contributed by atoms with van der Waals surface area (Å²) in [7, 11) is 0.649. The highest BCUT2D eigenvalue weighted by Crippen LogP contribution is 2.53. The Bertz CT molecular complexity index is 1380. The molecule has 2 fully saturated rings. The number of sulfonamides is 1. The second kappa shape index (κ2) is 9.67. The van der Waals surface area contributed by atoms with Crippen molar-refractivity contribution < 1.29 is 22.6 Å². The van der Waals surface area contributed by atoms with Crippen molar-refractivity contribution in [2.24, 2.45) is 0 Å². The van der Waals surface area contributed by atoms with Gasteiger partial charge in [0.05, 0.1) is 25.4 Å². The fourth-order valence-corrected chi connectivity index (χ4v) is 5.51. The van der Waals surface area contributed by atoms with Crippen LogP contribution in [-0.4, -0.2) is 45.0 Å². The molecule has 1 heterocycles. The Hall–Kier alpha value is -2.65. The van der Waals surface area contributed by atoms with E-state index in [1.54, 1.807) is 6.20 Å². The van der Waals surface area contributed by atoms with Gasteiger partial charge in [-0.2, -0.15) is 0 Å². The van der Waals surface area contributed by atoms with E-state index in [-0.39, 0.29) is 23.4 Å². The van der Waals surface area contributed by atoms with Gasteiger partial charge in [-0.1, -0.05) is 29.8 Å². The number of hydrogen-bond donors (Lipinski definition) is 0. The first-order valence-electron chi connectivity index (χ1n) is 11.9. The van der Waals surface area contributed by atoms with Gasteiger partial charge in [-0.05, 0) is 55.0 Å². The third-order valence-electron chi connectivity index (χ3n) is 6.61. The number of rotatable bonds is 10. The largest absolute Gasteiger partial charge is 0.495 e. The zero-order valence-corrected chi connectivity index (χ0v) is 22.1. The first-order valence-corrected chi connectivity index (χ1v) is 13.7. The molecule has 2 aliphatic carbocycles. The van der Waals surface area contributed by atoms with Crippen LogP contribution < -0.4 is 9.47 Å². The predicted octanol–water partition coefficient (Wildman–Crippen LogP) is 5.41. The number of methoxy groups -OCH3 is 1. The zero-order valence-electron chi connectivity index (χ0n) is 20.5. The fourth-order valence-electron chi connectivity index (χ4n) is 4.22. The Kier molecular flexibility index (Phi) is 6.72. The Morgan fingerprint density at radius 3 is 2.50 bits per heavy atom. The van der Waals surface area contributed by atoms with Crippen molar-refractivity contribution in [3.05, 3.63) is 71.0 Å². The van der Waals surface area contributed by atoms with E-state index in [1.165, 1.54) is 33.3 Å². The Morgan fingerprint density at radius 1 is 1.08 bits per heavy atom. The Morgan fingerprint density at radius 2 is 1.83 bits per heavy atom. The molecular weight excluding hydrogens is 500 g/mol. The van der Waals surface area contributed by atoms with Crippen LogP contribution in [-0.2, 0) is 27.0 Å². The fraction of sp³-hybridized carbons (Fsp3) is 0.370. The molecule has 190 valence electrons. The minimum atomic E-state index is -3.73. The summed E-state index contributed by atoms with van der Waals surface area (Å²) in [4.78, 5) is 4.44. The number of halogens is 1. The molecule has 3 aromatic rings. The van der Waals surface area contributed by atoms with E-state index in [0.29, 0.717) is 10.6 Å². The zero-order chi connectivity index (χ0) is 25.5. The topological polar surface area (TPSA) is 78.0 Å². The lowest BCUT2D eigenvalue weighted by atomic mass is 9.96. The molecule has 2 saturated carbocycles. The SMILES string of the molecule is COc1cc(Cl)c(COC2(c3cnccc3-c3ccccc3OC3CC3)CC2)cc1S(=O)(=O)N(C)C. The lowest BCUT2D eigenvalue weighted by molar-refractivity contribution is 0.0173. The highest BCUT2D eigenvalue weighted by atomic mass is 35.5. The summed E-state index contributed by atoms with van der Waals surface area (Å²) in [5.41, 5.74) is 3.07. The Labute approximate surface area is 217 Å². The molecule has 1 aromatic heterocycles. The number of hydrogen-bond acceptors (Lipinski definition) is 6. The first-order chi connectivity index (χ1) is 17.2. The molecule has 0 amide bonds. The average Bonchev–Trinajstić information content (AvgIpc) is 3.80. The van der Waals surface area contributed by atoms with E-state index < -0.39 is 15.6 Å². The number of aromatic nitrogens is 1. The number of para-hydroxylation sites is 1. The summed E-state index contributed by atoms with van der Waals surface area (Å²) in [6, 6.07) is 13.1. The molecule has 7 nitrogen and oxygen atoms in total. The van der Waals surface area contributed by atoms with Crippen molar-refractivity contribution in [3.63, 3.8) is 0 Å². The lowest BCUT2D eigenvalue weighted by Crippen LogP contribution is -2.23. The normalized spacial score (nSPS) is 16.7. The lowest BCUT2D eigenvalue weighted by Gasteiger charge is -2.22. The van der Waals surface area contributed by atoms with Gasteiger partial charge in [0.1, 0.15) is 16.4 Å². The summed E-state index contributed by atoms with van der Waals surface area (Å²) in [6.45, 7) is 0.146. The molecular formula is C27H29ClN2O5S. The van der Waals surface area contributed by atoms with E-state index in [4.69, 9.17) is 25.8 Å². The highest BCUT2D eigenvalue weighted by molar-refractivity contribution is 7.89. The van der Waals surface area contributed by atoms with Crippen LogP contribution in [0.4, 0.5) is 0 Å². The molecule has 5 rings (SSSR count). The molecule has 0 spiro atoms. The number of nitrogens with zero attached hydrogens (tertiary/aromatic N) is 2. The predicted molar refractivity (Wildman–Crippen MR) is 138 cm³/mol. The molecule has 0 radical (unpaired) electrons. The number of ether oxygens (including phenoxy) is 3. The monoisotopic (exact) mass is 528 g/mol. The van der Waals surface area contributed by atoms with Crippen molar-refractivity contribution in [1.29, 1.82) is 0 Å². The van der Waals surface area contributed by atoms with Gasteiger partial charge in [-0.15, -0.1) is 0 Å². The van der Waals surface area contributed by atoms with Crippen molar-refractivity contribution in [1.82, 2.24) is 9.29 Å².